The Bertz CT molecular complexity index is 585. The molecule has 1 fully saturated rings. The van der Waals surface area contributed by atoms with Crippen LogP contribution in [0.1, 0.15) is 38.9 Å². The van der Waals surface area contributed by atoms with Gasteiger partial charge in [0.15, 0.2) is 0 Å². The first-order chi connectivity index (χ1) is 9.69. The SMILES string of the molecule is CNc1nc(CN2C(C)CCCC2C)nc2sccc12. The molecule has 4 nitrogen and oxygen atoms in total. The normalized spacial score (nSPS) is 24.1. The molecule has 0 saturated carbocycles. The first kappa shape index (κ1) is 13.8. The van der Waals surface area contributed by atoms with E-state index in [0.717, 1.165) is 28.4 Å². The van der Waals surface area contributed by atoms with Gasteiger partial charge in [-0.3, -0.25) is 4.90 Å². The number of fused-ring (bicyclic) bond motifs is 1. The van der Waals surface area contributed by atoms with Gasteiger partial charge in [0, 0.05) is 19.1 Å². The lowest BCUT2D eigenvalue weighted by Gasteiger charge is -2.38. The Morgan fingerprint density at radius 3 is 2.75 bits per heavy atom. The van der Waals surface area contributed by atoms with Gasteiger partial charge in [-0.15, -0.1) is 11.3 Å². The zero-order valence-corrected chi connectivity index (χ0v) is 13.2. The molecule has 2 aromatic heterocycles. The van der Waals surface area contributed by atoms with Gasteiger partial charge in [0.1, 0.15) is 16.5 Å². The molecule has 20 heavy (non-hydrogen) atoms. The lowest BCUT2D eigenvalue weighted by molar-refractivity contribution is 0.0924. The number of rotatable bonds is 3. The fourth-order valence-corrected chi connectivity index (χ4v) is 3.89. The Labute approximate surface area is 124 Å². The first-order valence-electron chi connectivity index (χ1n) is 7.36. The Kier molecular flexibility index (Phi) is 3.89. The Hall–Kier alpha value is -1.20. The zero-order chi connectivity index (χ0) is 14.1. The van der Waals surface area contributed by atoms with Gasteiger partial charge in [-0.05, 0) is 38.1 Å². The lowest BCUT2D eigenvalue weighted by atomic mass is 9.97. The molecule has 2 aromatic rings. The summed E-state index contributed by atoms with van der Waals surface area (Å²) >= 11 is 1.69. The second-order valence-electron chi connectivity index (χ2n) is 5.68. The summed E-state index contributed by atoms with van der Waals surface area (Å²) in [4.78, 5) is 13.0. The molecule has 1 saturated heterocycles. The quantitative estimate of drug-likeness (QED) is 0.939. The van der Waals surface area contributed by atoms with Crippen molar-refractivity contribution in [2.45, 2.75) is 51.7 Å². The first-order valence-corrected chi connectivity index (χ1v) is 8.24. The smallest absolute Gasteiger partial charge is 0.146 e. The number of piperidine rings is 1. The van der Waals surface area contributed by atoms with Gasteiger partial charge >= 0.3 is 0 Å². The maximum Gasteiger partial charge on any atom is 0.146 e. The summed E-state index contributed by atoms with van der Waals surface area (Å²) in [5, 5.41) is 6.40. The minimum Gasteiger partial charge on any atom is -0.372 e. The second-order valence-corrected chi connectivity index (χ2v) is 6.57. The van der Waals surface area contributed by atoms with E-state index in [2.05, 4.69) is 35.5 Å². The van der Waals surface area contributed by atoms with Crippen molar-refractivity contribution in [2.24, 2.45) is 0 Å². The van der Waals surface area contributed by atoms with E-state index in [-0.39, 0.29) is 0 Å². The summed E-state index contributed by atoms with van der Waals surface area (Å²) < 4.78 is 0. The molecule has 1 aliphatic rings. The summed E-state index contributed by atoms with van der Waals surface area (Å²) in [7, 11) is 1.93. The van der Waals surface area contributed by atoms with Gasteiger partial charge in [0.05, 0.1) is 11.9 Å². The number of likely N-dealkylation sites (tertiary alicyclic amines) is 1. The second kappa shape index (κ2) is 5.66. The van der Waals surface area contributed by atoms with E-state index in [1.165, 1.54) is 19.3 Å². The van der Waals surface area contributed by atoms with E-state index in [9.17, 15) is 0 Å². The predicted octanol–water partition coefficient (Wildman–Crippen LogP) is 3.50. The fraction of sp³-hybridized carbons (Fsp3) is 0.600. The molecular weight excluding hydrogens is 268 g/mol. The number of nitrogens with zero attached hydrogens (tertiary/aromatic N) is 3. The standard InChI is InChI=1S/C15H22N4S/c1-10-5-4-6-11(2)19(10)9-13-17-14(16-3)12-7-8-20-15(12)18-13/h7-8,10-11H,4-6,9H2,1-3H3,(H,16,17,18). The number of thiophene rings is 1. The maximum absolute atomic E-state index is 4.73. The van der Waals surface area contributed by atoms with Crippen LogP contribution in [0.2, 0.25) is 0 Å². The van der Waals surface area contributed by atoms with Gasteiger partial charge < -0.3 is 5.32 Å². The average Bonchev–Trinajstić information content (AvgIpc) is 2.90. The van der Waals surface area contributed by atoms with Crippen LogP contribution in [0.25, 0.3) is 10.2 Å². The molecule has 0 amide bonds. The topological polar surface area (TPSA) is 41.1 Å². The minimum absolute atomic E-state index is 0.624. The highest BCUT2D eigenvalue weighted by Gasteiger charge is 2.25. The van der Waals surface area contributed by atoms with E-state index in [1.54, 1.807) is 11.3 Å². The largest absolute Gasteiger partial charge is 0.372 e. The van der Waals surface area contributed by atoms with Crippen molar-refractivity contribution in [3.05, 3.63) is 17.3 Å². The Morgan fingerprint density at radius 2 is 2.05 bits per heavy atom. The van der Waals surface area contributed by atoms with E-state index >= 15 is 0 Å². The fourth-order valence-electron chi connectivity index (χ4n) is 3.11. The predicted molar refractivity (Wildman–Crippen MR) is 85.3 cm³/mol. The van der Waals surface area contributed by atoms with Gasteiger partial charge in [-0.2, -0.15) is 0 Å². The molecule has 0 spiro atoms. The Balaban J connectivity index is 1.89. The van der Waals surface area contributed by atoms with Crippen LogP contribution in [0.4, 0.5) is 5.82 Å². The molecule has 108 valence electrons. The number of aromatic nitrogens is 2. The van der Waals surface area contributed by atoms with Crippen molar-refractivity contribution in [3.8, 4) is 0 Å². The van der Waals surface area contributed by atoms with Crippen LogP contribution >= 0.6 is 11.3 Å². The molecule has 1 N–H and O–H groups in total. The van der Waals surface area contributed by atoms with Crippen LogP contribution in [0.15, 0.2) is 11.4 Å². The van der Waals surface area contributed by atoms with E-state index in [4.69, 9.17) is 9.97 Å². The van der Waals surface area contributed by atoms with Crippen molar-refractivity contribution < 1.29 is 0 Å². The number of hydrogen-bond donors (Lipinski definition) is 1. The molecule has 0 aliphatic carbocycles. The molecule has 2 unspecified atom stereocenters. The average molecular weight is 290 g/mol. The summed E-state index contributed by atoms with van der Waals surface area (Å²) in [6, 6.07) is 3.33. The van der Waals surface area contributed by atoms with E-state index < -0.39 is 0 Å². The molecule has 3 heterocycles. The highest BCUT2D eigenvalue weighted by molar-refractivity contribution is 7.16. The van der Waals surface area contributed by atoms with Crippen molar-refractivity contribution in [2.75, 3.05) is 12.4 Å². The van der Waals surface area contributed by atoms with Crippen molar-refractivity contribution in [1.82, 2.24) is 14.9 Å². The van der Waals surface area contributed by atoms with E-state index in [1.807, 2.05) is 7.05 Å². The molecule has 0 bridgehead atoms. The third-order valence-corrected chi connectivity index (χ3v) is 5.11. The third-order valence-electron chi connectivity index (χ3n) is 4.31. The zero-order valence-electron chi connectivity index (χ0n) is 12.4. The van der Waals surface area contributed by atoms with Crippen LogP contribution in [-0.2, 0) is 6.54 Å². The van der Waals surface area contributed by atoms with Crippen LogP contribution in [0, 0.1) is 0 Å². The molecule has 1 aliphatic heterocycles. The van der Waals surface area contributed by atoms with Gasteiger partial charge in [0.2, 0.25) is 0 Å². The minimum atomic E-state index is 0.624. The summed E-state index contributed by atoms with van der Waals surface area (Å²) in [5.74, 6) is 1.88. The molecule has 0 radical (unpaired) electrons. The van der Waals surface area contributed by atoms with Crippen molar-refractivity contribution >= 4 is 27.4 Å². The molecule has 2 atom stereocenters. The van der Waals surface area contributed by atoms with Crippen molar-refractivity contribution in [1.29, 1.82) is 0 Å². The number of anilines is 1. The van der Waals surface area contributed by atoms with Gasteiger partial charge in [0.25, 0.3) is 0 Å². The monoisotopic (exact) mass is 290 g/mol. The highest BCUT2D eigenvalue weighted by atomic mass is 32.1. The van der Waals surface area contributed by atoms with Crippen LogP contribution in [0.5, 0.6) is 0 Å². The third kappa shape index (κ3) is 2.52. The Morgan fingerprint density at radius 1 is 1.30 bits per heavy atom. The highest BCUT2D eigenvalue weighted by Crippen LogP contribution is 2.27. The van der Waals surface area contributed by atoms with Crippen LogP contribution in [0.3, 0.4) is 0 Å². The molecule has 5 heteroatoms. The van der Waals surface area contributed by atoms with Crippen molar-refractivity contribution in [3.63, 3.8) is 0 Å². The molecule has 3 rings (SSSR count). The maximum atomic E-state index is 4.73. The van der Waals surface area contributed by atoms with Gasteiger partial charge in [-0.1, -0.05) is 6.42 Å². The summed E-state index contributed by atoms with van der Waals surface area (Å²) in [6.07, 6.45) is 3.90. The number of hydrogen-bond acceptors (Lipinski definition) is 5. The molecular formula is C15H22N4S. The van der Waals surface area contributed by atoms with Gasteiger partial charge in [-0.25, -0.2) is 9.97 Å². The lowest BCUT2D eigenvalue weighted by Crippen LogP contribution is -2.43. The van der Waals surface area contributed by atoms with E-state index in [0.29, 0.717) is 12.1 Å². The summed E-state index contributed by atoms with van der Waals surface area (Å²) in [6.45, 7) is 5.49. The van der Waals surface area contributed by atoms with Crippen LogP contribution in [-0.4, -0.2) is 34.0 Å². The number of nitrogens with one attached hydrogen (secondary N) is 1. The summed E-state index contributed by atoms with van der Waals surface area (Å²) in [5.41, 5.74) is 0. The van der Waals surface area contributed by atoms with Crippen LogP contribution < -0.4 is 5.32 Å². The molecule has 0 aromatic carbocycles.